The summed E-state index contributed by atoms with van der Waals surface area (Å²) in [6.07, 6.45) is -0.317. The molecule has 0 bridgehead atoms. The maximum absolute atomic E-state index is 6.18. The van der Waals surface area contributed by atoms with E-state index in [1.165, 1.54) is 0 Å². The molecule has 7 nitrogen and oxygen atoms in total. The third kappa shape index (κ3) is 2.29. The Morgan fingerprint density at radius 3 is 1.79 bits per heavy atom. The quantitative estimate of drug-likeness (QED) is 0.629. The number of hydrogen-bond acceptors (Lipinski definition) is 7. The monoisotopic (exact) mass is 272 g/mol. The van der Waals surface area contributed by atoms with Crippen LogP contribution in [0.1, 0.15) is 0 Å². The average Bonchev–Trinajstić information content (AvgIpc) is 3.05. The summed E-state index contributed by atoms with van der Waals surface area (Å²) >= 11 is 0. The van der Waals surface area contributed by atoms with Gasteiger partial charge in [0, 0.05) is 13.1 Å². The highest BCUT2D eigenvalue weighted by atomic mass is 16.7. The molecule has 19 heavy (non-hydrogen) atoms. The van der Waals surface area contributed by atoms with E-state index < -0.39 is 0 Å². The lowest BCUT2D eigenvalue weighted by atomic mass is 10.1. The standard InChI is InChI=1S/C12H20N2O5/c1-3-15-11-9(13-1)7(5-17-11)19-8-6-18-12-10(8)14-2-4-16-12/h7-14H,1-6H2. The summed E-state index contributed by atoms with van der Waals surface area (Å²) < 4.78 is 28.5. The number of rotatable bonds is 2. The van der Waals surface area contributed by atoms with Crippen molar-refractivity contribution < 1.29 is 23.7 Å². The fraction of sp³-hybridized carbons (Fsp3) is 1.00. The minimum absolute atomic E-state index is 0.0152. The zero-order valence-electron chi connectivity index (χ0n) is 10.7. The van der Waals surface area contributed by atoms with Gasteiger partial charge in [0.25, 0.3) is 0 Å². The Hall–Kier alpha value is -0.280. The van der Waals surface area contributed by atoms with Crippen LogP contribution in [0.2, 0.25) is 0 Å². The molecule has 0 amide bonds. The average molecular weight is 272 g/mol. The fourth-order valence-corrected chi connectivity index (χ4v) is 3.18. The molecule has 0 saturated carbocycles. The van der Waals surface area contributed by atoms with Crippen molar-refractivity contribution in [1.29, 1.82) is 0 Å². The highest BCUT2D eigenvalue weighted by molar-refractivity contribution is 4.94. The van der Waals surface area contributed by atoms with Crippen molar-refractivity contribution in [3.05, 3.63) is 0 Å². The van der Waals surface area contributed by atoms with Gasteiger partial charge in [-0.25, -0.2) is 0 Å². The molecule has 6 unspecified atom stereocenters. The van der Waals surface area contributed by atoms with E-state index >= 15 is 0 Å². The van der Waals surface area contributed by atoms with Crippen molar-refractivity contribution in [2.75, 3.05) is 39.5 Å². The third-order valence-electron chi connectivity index (χ3n) is 4.12. The van der Waals surface area contributed by atoms with Crippen LogP contribution in [0, 0.1) is 0 Å². The molecule has 0 spiro atoms. The second kappa shape index (κ2) is 5.25. The van der Waals surface area contributed by atoms with E-state index in [0.29, 0.717) is 26.4 Å². The Kier molecular flexibility index (Phi) is 3.44. The molecule has 4 rings (SSSR count). The highest BCUT2D eigenvalue weighted by Crippen LogP contribution is 2.27. The summed E-state index contributed by atoms with van der Waals surface area (Å²) in [6.45, 7) is 4.22. The number of nitrogens with one attached hydrogen (secondary N) is 2. The summed E-state index contributed by atoms with van der Waals surface area (Å²) in [5.41, 5.74) is 0. The molecule has 4 saturated heterocycles. The van der Waals surface area contributed by atoms with Gasteiger partial charge >= 0.3 is 0 Å². The fourth-order valence-electron chi connectivity index (χ4n) is 3.18. The SMILES string of the molecule is C1COC2OCC(OC3COC4OCCNC34)C2N1. The second-order valence-electron chi connectivity index (χ2n) is 5.32. The van der Waals surface area contributed by atoms with Crippen molar-refractivity contribution in [1.82, 2.24) is 10.6 Å². The van der Waals surface area contributed by atoms with Crippen molar-refractivity contribution in [3.8, 4) is 0 Å². The molecule has 4 heterocycles. The van der Waals surface area contributed by atoms with Gasteiger partial charge in [-0.2, -0.15) is 0 Å². The molecule has 4 fully saturated rings. The van der Waals surface area contributed by atoms with Gasteiger partial charge < -0.3 is 34.3 Å². The Morgan fingerprint density at radius 1 is 0.737 bits per heavy atom. The normalized spacial score (nSPS) is 49.9. The lowest BCUT2D eigenvalue weighted by Gasteiger charge is -2.32. The summed E-state index contributed by atoms with van der Waals surface area (Å²) in [5, 5.41) is 6.82. The van der Waals surface area contributed by atoms with Crippen LogP contribution in [0.5, 0.6) is 0 Å². The Bertz CT molecular complexity index is 301. The molecule has 0 aromatic carbocycles. The molecule has 2 N–H and O–H groups in total. The third-order valence-corrected chi connectivity index (χ3v) is 4.12. The summed E-state index contributed by atoms with van der Waals surface area (Å²) in [5.74, 6) is 0. The number of morpholine rings is 2. The smallest absolute Gasteiger partial charge is 0.175 e. The summed E-state index contributed by atoms with van der Waals surface area (Å²) in [7, 11) is 0. The Labute approximate surface area is 111 Å². The maximum atomic E-state index is 6.18. The molecule has 4 aliphatic rings. The van der Waals surface area contributed by atoms with Crippen LogP contribution in [0.4, 0.5) is 0 Å². The Balaban J connectivity index is 1.38. The predicted molar refractivity (Wildman–Crippen MR) is 63.6 cm³/mol. The molecule has 7 heteroatoms. The lowest BCUT2D eigenvalue weighted by molar-refractivity contribution is -0.139. The molecule has 108 valence electrons. The van der Waals surface area contributed by atoms with Gasteiger partial charge in [0.05, 0.1) is 38.5 Å². The van der Waals surface area contributed by atoms with Crippen LogP contribution < -0.4 is 10.6 Å². The first kappa shape index (κ1) is 12.5. The number of ether oxygens (including phenoxy) is 5. The molecule has 4 aliphatic heterocycles. The highest BCUT2D eigenvalue weighted by Gasteiger charge is 2.46. The van der Waals surface area contributed by atoms with Crippen LogP contribution in [0.15, 0.2) is 0 Å². The van der Waals surface area contributed by atoms with Crippen LogP contribution in [0.25, 0.3) is 0 Å². The molecule has 0 aliphatic carbocycles. The first-order valence-electron chi connectivity index (χ1n) is 7.00. The first-order chi connectivity index (χ1) is 9.42. The van der Waals surface area contributed by atoms with E-state index in [9.17, 15) is 0 Å². The van der Waals surface area contributed by atoms with E-state index in [2.05, 4.69) is 10.6 Å². The van der Waals surface area contributed by atoms with E-state index in [1.54, 1.807) is 0 Å². The van der Waals surface area contributed by atoms with Gasteiger partial charge in [-0.3, -0.25) is 0 Å². The number of fused-ring (bicyclic) bond motifs is 2. The molecule has 0 aromatic rings. The largest absolute Gasteiger partial charge is 0.367 e. The molecule has 6 atom stereocenters. The van der Waals surface area contributed by atoms with Crippen molar-refractivity contribution in [2.24, 2.45) is 0 Å². The minimum Gasteiger partial charge on any atom is -0.367 e. The van der Waals surface area contributed by atoms with Gasteiger partial charge in [0.2, 0.25) is 0 Å². The second-order valence-corrected chi connectivity index (χ2v) is 5.32. The van der Waals surface area contributed by atoms with Crippen LogP contribution in [-0.2, 0) is 23.7 Å². The van der Waals surface area contributed by atoms with Gasteiger partial charge in [-0.1, -0.05) is 0 Å². The molecular formula is C12H20N2O5. The lowest BCUT2D eigenvalue weighted by Crippen LogP contribution is -2.55. The van der Waals surface area contributed by atoms with Gasteiger partial charge in [0.1, 0.15) is 12.2 Å². The zero-order valence-corrected chi connectivity index (χ0v) is 10.7. The molecule has 0 radical (unpaired) electrons. The first-order valence-corrected chi connectivity index (χ1v) is 7.00. The van der Waals surface area contributed by atoms with E-state index in [0.717, 1.165) is 13.1 Å². The van der Waals surface area contributed by atoms with Crippen molar-refractivity contribution >= 4 is 0 Å². The van der Waals surface area contributed by atoms with Gasteiger partial charge in [-0.15, -0.1) is 0 Å². The predicted octanol–water partition coefficient (Wildman–Crippen LogP) is -1.57. The number of hydrogen-bond donors (Lipinski definition) is 2. The van der Waals surface area contributed by atoms with Crippen LogP contribution in [-0.4, -0.2) is 76.4 Å². The molecule has 0 aromatic heterocycles. The summed E-state index contributed by atoms with van der Waals surface area (Å²) in [4.78, 5) is 0. The van der Waals surface area contributed by atoms with Crippen LogP contribution in [0.3, 0.4) is 0 Å². The zero-order chi connectivity index (χ0) is 12.7. The van der Waals surface area contributed by atoms with E-state index in [4.69, 9.17) is 23.7 Å². The minimum atomic E-state index is -0.174. The van der Waals surface area contributed by atoms with Crippen LogP contribution >= 0.6 is 0 Å². The van der Waals surface area contributed by atoms with Crippen molar-refractivity contribution in [2.45, 2.75) is 36.9 Å². The summed E-state index contributed by atoms with van der Waals surface area (Å²) in [6, 6.07) is 0.245. The maximum Gasteiger partial charge on any atom is 0.175 e. The van der Waals surface area contributed by atoms with Crippen molar-refractivity contribution in [3.63, 3.8) is 0 Å². The Morgan fingerprint density at radius 2 is 1.26 bits per heavy atom. The molecular weight excluding hydrogens is 252 g/mol. The van der Waals surface area contributed by atoms with E-state index in [-0.39, 0.29) is 36.9 Å². The van der Waals surface area contributed by atoms with Gasteiger partial charge in [-0.05, 0) is 0 Å². The van der Waals surface area contributed by atoms with Gasteiger partial charge in [0.15, 0.2) is 12.6 Å². The topological polar surface area (TPSA) is 70.2 Å². The van der Waals surface area contributed by atoms with E-state index in [1.807, 2.05) is 0 Å².